The number of hydrogen-bond acceptors (Lipinski definition) is 2. The molecule has 0 bridgehead atoms. The van der Waals surface area contributed by atoms with E-state index in [-0.39, 0.29) is 11.1 Å². The van der Waals surface area contributed by atoms with Crippen molar-refractivity contribution in [2.75, 3.05) is 21.1 Å². The third-order valence-electron chi connectivity index (χ3n) is 2.91. The molecule has 0 atom stereocenters. The molecule has 0 fully saturated rings. The predicted octanol–water partition coefficient (Wildman–Crippen LogP) is 2.97. The van der Waals surface area contributed by atoms with Crippen LogP contribution in [0.25, 0.3) is 0 Å². The maximum Gasteiger partial charge on any atom is 0.335 e. The second kappa shape index (κ2) is 7.38. The van der Waals surface area contributed by atoms with E-state index in [1.807, 2.05) is 6.07 Å². The molecule has 22 heavy (non-hydrogen) atoms. The zero-order valence-electron chi connectivity index (χ0n) is 12.9. The Bertz CT molecular complexity index is 595. The molecule has 0 amide bonds. The van der Waals surface area contributed by atoms with Gasteiger partial charge in [-0.25, -0.2) is 9.59 Å². The first kappa shape index (κ1) is 17.4. The summed E-state index contributed by atoms with van der Waals surface area (Å²) in [7, 11) is 6.49. The van der Waals surface area contributed by atoms with E-state index in [2.05, 4.69) is 45.4 Å². The Kier molecular flexibility index (Phi) is 5.83. The fourth-order valence-corrected chi connectivity index (χ4v) is 1.63. The minimum Gasteiger partial charge on any atom is -0.478 e. The van der Waals surface area contributed by atoms with Gasteiger partial charge in [0, 0.05) is 0 Å². The lowest BCUT2D eigenvalue weighted by atomic mass is 10.1. The average Bonchev–Trinajstić information content (AvgIpc) is 2.48. The molecule has 2 rings (SSSR count). The van der Waals surface area contributed by atoms with Crippen LogP contribution in [0.1, 0.15) is 20.7 Å². The predicted molar refractivity (Wildman–Crippen MR) is 86.4 cm³/mol. The number of para-hydroxylation sites is 1. The largest absolute Gasteiger partial charge is 0.478 e. The normalized spacial score (nSPS) is 10.3. The van der Waals surface area contributed by atoms with E-state index in [0.29, 0.717) is 0 Å². The molecule has 0 saturated heterocycles. The van der Waals surface area contributed by atoms with Crippen molar-refractivity contribution in [3.63, 3.8) is 0 Å². The Balaban J connectivity index is 0.000000224. The van der Waals surface area contributed by atoms with E-state index in [1.165, 1.54) is 30.0 Å². The van der Waals surface area contributed by atoms with E-state index in [0.717, 1.165) is 4.48 Å². The standard InChI is InChI=1S/C9H14N.C8H6O4/c1-10(2,3)9-7-5-4-6-8-9;9-7(10)5-1-2-6(4-3-5)8(11)12/h4-8H,1-3H3;1-4H,(H,9,10)(H,11,12)/q+1;. The molecule has 0 unspecified atom stereocenters. The highest BCUT2D eigenvalue weighted by Gasteiger charge is 2.09. The Labute approximate surface area is 129 Å². The summed E-state index contributed by atoms with van der Waals surface area (Å²) in [6.07, 6.45) is 0. The van der Waals surface area contributed by atoms with Crippen molar-refractivity contribution >= 4 is 17.6 Å². The summed E-state index contributed by atoms with van der Waals surface area (Å²) >= 11 is 0. The lowest BCUT2D eigenvalue weighted by Crippen LogP contribution is -2.34. The molecule has 0 aromatic heterocycles. The van der Waals surface area contributed by atoms with Crippen LogP contribution in [0.2, 0.25) is 0 Å². The number of nitrogens with zero attached hydrogens (tertiary/aromatic N) is 1. The molecule has 0 aliphatic carbocycles. The van der Waals surface area contributed by atoms with Gasteiger partial charge in [0.25, 0.3) is 0 Å². The van der Waals surface area contributed by atoms with E-state index >= 15 is 0 Å². The summed E-state index contributed by atoms with van der Waals surface area (Å²) in [6, 6.07) is 15.5. The van der Waals surface area contributed by atoms with Gasteiger partial charge >= 0.3 is 11.9 Å². The number of carbonyl (C=O) groups is 2. The van der Waals surface area contributed by atoms with Gasteiger partial charge in [-0.15, -0.1) is 0 Å². The molecule has 5 nitrogen and oxygen atoms in total. The lowest BCUT2D eigenvalue weighted by molar-refractivity contribution is 0.0681. The molecule has 2 aromatic rings. The zero-order valence-corrected chi connectivity index (χ0v) is 12.9. The van der Waals surface area contributed by atoms with Gasteiger partial charge in [-0.05, 0) is 36.4 Å². The number of aromatic carboxylic acids is 2. The van der Waals surface area contributed by atoms with Gasteiger partial charge in [0.15, 0.2) is 0 Å². The minimum absolute atomic E-state index is 0.0833. The summed E-state index contributed by atoms with van der Waals surface area (Å²) in [5.74, 6) is -2.13. The maximum absolute atomic E-state index is 10.3. The van der Waals surface area contributed by atoms with Gasteiger partial charge in [-0.2, -0.15) is 0 Å². The van der Waals surface area contributed by atoms with Crippen molar-refractivity contribution in [1.29, 1.82) is 0 Å². The molecule has 5 heteroatoms. The van der Waals surface area contributed by atoms with E-state index < -0.39 is 11.9 Å². The highest BCUT2D eigenvalue weighted by molar-refractivity contribution is 5.91. The molecule has 0 heterocycles. The van der Waals surface area contributed by atoms with Crippen LogP contribution in [0.15, 0.2) is 54.6 Å². The quantitative estimate of drug-likeness (QED) is 0.855. The third-order valence-corrected chi connectivity index (χ3v) is 2.91. The van der Waals surface area contributed by atoms with Crippen molar-refractivity contribution < 1.29 is 19.8 Å². The smallest absolute Gasteiger partial charge is 0.335 e. The molecule has 2 N–H and O–H groups in total. The van der Waals surface area contributed by atoms with Crippen LogP contribution in [0.4, 0.5) is 5.69 Å². The van der Waals surface area contributed by atoms with Gasteiger partial charge in [0.05, 0.1) is 32.3 Å². The van der Waals surface area contributed by atoms with Crippen molar-refractivity contribution in [2.24, 2.45) is 0 Å². The molecule has 0 radical (unpaired) electrons. The van der Waals surface area contributed by atoms with Crippen molar-refractivity contribution in [1.82, 2.24) is 4.48 Å². The highest BCUT2D eigenvalue weighted by Crippen LogP contribution is 2.14. The first-order valence-electron chi connectivity index (χ1n) is 6.65. The molecule has 0 spiro atoms. The van der Waals surface area contributed by atoms with Gasteiger partial charge in [-0.1, -0.05) is 18.2 Å². The first-order valence-corrected chi connectivity index (χ1v) is 6.65. The summed E-state index contributed by atoms with van der Waals surface area (Å²) in [6.45, 7) is 0. The Morgan fingerprint density at radius 1 is 0.727 bits per heavy atom. The van der Waals surface area contributed by atoms with Crippen LogP contribution in [0.3, 0.4) is 0 Å². The minimum atomic E-state index is -1.06. The van der Waals surface area contributed by atoms with Gasteiger partial charge < -0.3 is 10.2 Å². The van der Waals surface area contributed by atoms with Crippen LogP contribution in [-0.2, 0) is 0 Å². The zero-order chi connectivity index (χ0) is 16.8. The van der Waals surface area contributed by atoms with E-state index in [4.69, 9.17) is 10.2 Å². The van der Waals surface area contributed by atoms with E-state index in [9.17, 15) is 9.59 Å². The Morgan fingerprint density at radius 3 is 1.32 bits per heavy atom. The number of carboxylic acid groups (broad SMARTS) is 2. The fourth-order valence-electron chi connectivity index (χ4n) is 1.63. The molecule has 0 saturated carbocycles. The number of rotatable bonds is 3. The first-order chi connectivity index (χ1) is 10.2. The lowest BCUT2D eigenvalue weighted by Gasteiger charge is -2.22. The maximum atomic E-state index is 10.3. The van der Waals surface area contributed by atoms with Crippen molar-refractivity contribution in [2.45, 2.75) is 0 Å². The van der Waals surface area contributed by atoms with Crippen molar-refractivity contribution in [3.8, 4) is 0 Å². The van der Waals surface area contributed by atoms with Crippen LogP contribution in [0, 0.1) is 0 Å². The number of carboxylic acids is 2. The van der Waals surface area contributed by atoms with Crippen molar-refractivity contribution in [3.05, 3.63) is 65.7 Å². The molecule has 2 aromatic carbocycles. The van der Waals surface area contributed by atoms with Gasteiger partial charge in [-0.3, -0.25) is 4.48 Å². The van der Waals surface area contributed by atoms with E-state index in [1.54, 1.807) is 0 Å². The topological polar surface area (TPSA) is 74.6 Å². The van der Waals surface area contributed by atoms with Crippen LogP contribution in [0.5, 0.6) is 0 Å². The second-order valence-electron chi connectivity index (χ2n) is 5.54. The second-order valence-corrected chi connectivity index (χ2v) is 5.54. The molecule has 0 aliphatic rings. The number of hydrogen-bond donors (Lipinski definition) is 2. The van der Waals surface area contributed by atoms with Crippen LogP contribution >= 0.6 is 0 Å². The van der Waals surface area contributed by atoms with Crippen LogP contribution < -0.4 is 4.48 Å². The fraction of sp³-hybridized carbons (Fsp3) is 0.176. The number of quaternary nitrogens is 1. The summed E-state index contributed by atoms with van der Waals surface area (Å²) in [5.41, 5.74) is 1.50. The summed E-state index contributed by atoms with van der Waals surface area (Å²) in [5, 5.41) is 16.9. The summed E-state index contributed by atoms with van der Waals surface area (Å²) in [4.78, 5) is 20.7. The monoisotopic (exact) mass is 302 g/mol. The average molecular weight is 302 g/mol. The number of benzene rings is 2. The van der Waals surface area contributed by atoms with Gasteiger partial charge in [0.2, 0.25) is 0 Å². The Hall–Kier alpha value is -2.66. The molecular formula is C17H20NO4+. The molecule has 116 valence electrons. The molecular weight excluding hydrogens is 282 g/mol. The third kappa shape index (κ3) is 5.38. The van der Waals surface area contributed by atoms with Gasteiger partial charge in [0.1, 0.15) is 5.69 Å². The SMILES string of the molecule is C[N+](C)(C)c1ccccc1.O=C(O)c1ccc(C(=O)O)cc1. The highest BCUT2D eigenvalue weighted by atomic mass is 16.4. The Morgan fingerprint density at radius 2 is 1.09 bits per heavy atom. The summed E-state index contributed by atoms with van der Waals surface area (Å²) < 4.78 is 0.890. The molecule has 0 aliphatic heterocycles. The van der Waals surface area contributed by atoms with Crippen LogP contribution in [-0.4, -0.2) is 43.3 Å².